The number of aromatic amines is 1. The maximum absolute atomic E-state index is 13.5. The molecule has 2 aromatic rings. The highest BCUT2D eigenvalue weighted by molar-refractivity contribution is 6.30. The molecule has 0 spiro atoms. The first-order valence-corrected chi connectivity index (χ1v) is 4.73. The van der Waals surface area contributed by atoms with E-state index >= 15 is 0 Å². The molecular formula is C10H9ClFN3. The van der Waals surface area contributed by atoms with Gasteiger partial charge in [-0.25, -0.2) is 4.39 Å². The molecule has 0 aliphatic heterocycles. The van der Waals surface area contributed by atoms with Crippen molar-refractivity contribution in [1.29, 1.82) is 0 Å². The van der Waals surface area contributed by atoms with Crippen molar-refractivity contribution in [3.63, 3.8) is 0 Å². The fraction of sp³-hybridized carbons (Fsp3) is 0.100. The number of H-pyrrole nitrogens is 1. The second kappa shape index (κ2) is 3.55. The Morgan fingerprint density at radius 3 is 2.80 bits per heavy atom. The van der Waals surface area contributed by atoms with Gasteiger partial charge in [0.05, 0.1) is 11.4 Å². The van der Waals surface area contributed by atoms with E-state index in [-0.39, 0.29) is 0 Å². The molecule has 0 radical (unpaired) electrons. The van der Waals surface area contributed by atoms with Gasteiger partial charge < -0.3 is 5.73 Å². The van der Waals surface area contributed by atoms with E-state index in [1.165, 1.54) is 18.2 Å². The quantitative estimate of drug-likeness (QED) is 0.784. The summed E-state index contributed by atoms with van der Waals surface area (Å²) >= 11 is 5.78. The lowest BCUT2D eigenvalue weighted by molar-refractivity contribution is 0.630. The monoisotopic (exact) mass is 225 g/mol. The van der Waals surface area contributed by atoms with Gasteiger partial charge in [-0.05, 0) is 25.1 Å². The summed E-state index contributed by atoms with van der Waals surface area (Å²) < 4.78 is 13.5. The average molecular weight is 226 g/mol. The van der Waals surface area contributed by atoms with E-state index in [2.05, 4.69) is 10.2 Å². The van der Waals surface area contributed by atoms with Crippen molar-refractivity contribution in [3.8, 4) is 11.3 Å². The summed E-state index contributed by atoms with van der Waals surface area (Å²) in [6.07, 6.45) is 0. The van der Waals surface area contributed by atoms with Crippen LogP contribution in [0.1, 0.15) is 5.69 Å². The van der Waals surface area contributed by atoms with E-state index in [4.69, 9.17) is 17.3 Å². The van der Waals surface area contributed by atoms with Crippen molar-refractivity contribution < 1.29 is 4.39 Å². The highest BCUT2D eigenvalue weighted by Crippen LogP contribution is 2.29. The molecule has 0 saturated carbocycles. The molecule has 0 unspecified atom stereocenters. The number of nitrogens with two attached hydrogens (primary N) is 1. The van der Waals surface area contributed by atoms with Gasteiger partial charge in [-0.15, -0.1) is 0 Å². The number of hydrogen-bond donors (Lipinski definition) is 2. The Morgan fingerprint density at radius 2 is 2.20 bits per heavy atom. The first-order chi connectivity index (χ1) is 7.09. The van der Waals surface area contributed by atoms with Crippen LogP contribution in [0.15, 0.2) is 18.2 Å². The van der Waals surface area contributed by atoms with E-state index in [0.29, 0.717) is 27.7 Å². The molecule has 0 saturated heterocycles. The topological polar surface area (TPSA) is 54.7 Å². The number of benzene rings is 1. The third-order valence-corrected chi connectivity index (χ3v) is 2.41. The SMILES string of the molecule is Cc1[nH]nc(-c2cc(Cl)ccc2F)c1N. The van der Waals surface area contributed by atoms with Gasteiger partial charge in [0.15, 0.2) is 0 Å². The van der Waals surface area contributed by atoms with Crippen LogP contribution in [0.25, 0.3) is 11.3 Å². The second-order valence-corrected chi connectivity index (χ2v) is 3.67. The molecule has 0 atom stereocenters. The molecule has 0 aliphatic carbocycles. The zero-order valence-electron chi connectivity index (χ0n) is 8.01. The second-order valence-electron chi connectivity index (χ2n) is 3.24. The lowest BCUT2D eigenvalue weighted by atomic mass is 10.1. The van der Waals surface area contributed by atoms with E-state index in [1.54, 1.807) is 6.92 Å². The summed E-state index contributed by atoms with van der Waals surface area (Å²) in [5, 5.41) is 7.09. The maximum atomic E-state index is 13.5. The predicted molar refractivity (Wildman–Crippen MR) is 58.1 cm³/mol. The average Bonchev–Trinajstić information content (AvgIpc) is 2.52. The molecule has 3 nitrogen and oxygen atoms in total. The fourth-order valence-corrected chi connectivity index (χ4v) is 1.49. The van der Waals surface area contributed by atoms with Gasteiger partial charge in [0.1, 0.15) is 11.5 Å². The first kappa shape index (κ1) is 9.98. The Kier molecular flexibility index (Phi) is 2.36. The molecule has 1 aromatic carbocycles. The number of hydrogen-bond acceptors (Lipinski definition) is 2. The Bertz CT molecular complexity index is 507. The molecule has 0 bridgehead atoms. The number of nitrogens with one attached hydrogen (secondary N) is 1. The molecule has 78 valence electrons. The summed E-state index contributed by atoms with van der Waals surface area (Å²) in [5.41, 5.74) is 7.61. The van der Waals surface area contributed by atoms with Gasteiger partial charge >= 0.3 is 0 Å². The number of aryl methyl sites for hydroxylation is 1. The van der Waals surface area contributed by atoms with Crippen LogP contribution in [0.3, 0.4) is 0 Å². The standard InChI is InChI=1S/C10H9ClFN3/c1-5-9(13)10(15-14-5)7-4-6(11)2-3-8(7)12/h2-4H,13H2,1H3,(H,14,15). The summed E-state index contributed by atoms with van der Waals surface area (Å²) in [6.45, 7) is 1.77. The summed E-state index contributed by atoms with van der Waals surface area (Å²) in [6, 6.07) is 4.28. The van der Waals surface area contributed by atoms with Crippen LogP contribution in [0.5, 0.6) is 0 Å². The van der Waals surface area contributed by atoms with E-state index < -0.39 is 5.82 Å². The fourth-order valence-electron chi connectivity index (χ4n) is 1.32. The Morgan fingerprint density at radius 1 is 1.47 bits per heavy atom. The van der Waals surface area contributed by atoms with Crippen LogP contribution in [0.2, 0.25) is 5.02 Å². The Balaban J connectivity index is 2.63. The Labute approximate surface area is 91.1 Å². The smallest absolute Gasteiger partial charge is 0.132 e. The zero-order valence-corrected chi connectivity index (χ0v) is 8.77. The normalized spacial score (nSPS) is 10.6. The molecule has 0 fully saturated rings. The molecule has 1 aromatic heterocycles. The highest BCUT2D eigenvalue weighted by atomic mass is 35.5. The van der Waals surface area contributed by atoms with Crippen molar-refractivity contribution in [2.24, 2.45) is 0 Å². The minimum atomic E-state index is -0.391. The van der Waals surface area contributed by atoms with Crippen LogP contribution in [0.4, 0.5) is 10.1 Å². The van der Waals surface area contributed by atoms with Gasteiger partial charge in [-0.3, -0.25) is 5.10 Å². The van der Waals surface area contributed by atoms with E-state index in [1.807, 2.05) is 0 Å². The predicted octanol–water partition coefficient (Wildman–Crippen LogP) is 2.76. The number of aromatic nitrogens is 2. The highest BCUT2D eigenvalue weighted by Gasteiger charge is 2.13. The molecule has 0 amide bonds. The number of anilines is 1. The molecular weight excluding hydrogens is 217 g/mol. The number of rotatable bonds is 1. The van der Waals surface area contributed by atoms with Crippen LogP contribution >= 0.6 is 11.6 Å². The molecule has 15 heavy (non-hydrogen) atoms. The lowest BCUT2D eigenvalue weighted by Gasteiger charge is -2.01. The minimum Gasteiger partial charge on any atom is -0.395 e. The van der Waals surface area contributed by atoms with E-state index in [9.17, 15) is 4.39 Å². The van der Waals surface area contributed by atoms with Gasteiger partial charge in [-0.1, -0.05) is 11.6 Å². The van der Waals surface area contributed by atoms with Gasteiger partial charge in [0.2, 0.25) is 0 Å². The van der Waals surface area contributed by atoms with Crippen molar-refractivity contribution >= 4 is 17.3 Å². The summed E-state index contributed by atoms with van der Waals surface area (Å²) in [7, 11) is 0. The molecule has 3 N–H and O–H groups in total. The molecule has 2 rings (SSSR count). The van der Waals surface area contributed by atoms with Crippen molar-refractivity contribution in [3.05, 3.63) is 34.7 Å². The van der Waals surface area contributed by atoms with Crippen LogP contribution in [-0.4, -0.2) is 10.2 Å². The van der Waals surface area contributed by atoms with Crippen LogP contribution in [-0.2, 0) is 0 Å². The molecule has 5 heteroatoms. The third-order valence-electron chi connectivity index (χ3n) is 2.18. The minimum absolute atomic E-state index is 0.310. The number of halogens is 2. The Hall–Kier alpha value is -1.55. The van der Waals surface area contributed by atoms with Crippen molar-refractivity contribution in [2.75, 3.05) is 5.73 Å². The van der Waals surface area contributed by atoms with Gasteiger partial charge in [0.25, 0.3) is 0 Å². The van der Waals surface area contributed by atoms with Crippen LogP contribution in [0, 0.1) is 12.7 Å². The zero-order chi connectivity index (χ0) is 11.0. The van der Waals surface area contributed by atoms with Gasteiger partial charge in [-0.2, -0.15) is 5.10 Å². The van der Waals surface area contributed by atoms with Crippen molar-refractivity contribution in [1.82, 2.24) is 10.2 Å². The van der Waals surface area contributed by atoms with Crippen LogP contribution < -0.4 is 5.73 Å². The summed E-state index contributed by atoms with van der Waals surface area (Å²) in [5.74, 6) is -0.391. The molecule has 0 aliphatic rings. The molecule has 1 heterocycles. The largest absolute Gasteiger partial charge is 0.395 e. The number of nitrogens with zero attached hydrogens (tertiary/aromatic N) is 1. The maximum Gasteiger partial charge on any atom is 0.132 e. The van der Waals surface area contributed by atoms with Crippen molar-refractivity contribution in [2.45, 2.75) is 6.92 Å². The lowest BCUT2D eigenvalue weighted by Crippen LogP contribution is -1.91. The van der Waals surface area contributed by atoms with Gasteiger partial charge in [0, 0.05) is 10.6 Å². The number of nitrogen functional groups attached to an aromatic ring is 1. The first-order valence-electron chi connectivity index (χ1n) is 4.35. The van der Waals surface area contributed by atoms with E-state index in [0.717, 1.165) is 0 Å². The third kappa shape index (κ3) is 1.68. The summed E-state index contributed by atoms with van der Waals surface area (Å²) in [4.78, 5) is 0.